The lowest BCUT2D eigenvalue weighted by Crippen LogP contribution is -2.44. The summed E-state index contributed by atoms with van der Waals surface area (Å²) in [6.45, 7) is 2.00. The van der Waals surface area contributed by atoms with Gasteiger partial charge in [0.15, 0.2) is 0 Å². The molecular weight excluding hydrogens is 352 g/mol. The van der Waals surface area contributed by atoms with Gasteiger partial charge < -0.3 is 11.1 Å². The van der Waals surface area contributed by atoms with E-state index in [1.807, 2.05) is 30.9 Å². The van der Waals surface area contributed by atoms with Crippen LogP contribution in [0.15, 0.2) is 24.5 Å². The highest BCUT2D eigenvalue weighted by atomic mass is 19.3. The van der Waals surface area contributed by atoms with Gasteiger partial charge in [-0.2, -0.15) is 5.10 Å². The second kappa shape index (κ2) is 7.72. The number of anilines is 1. The highest BCUT2D eigenvalue weighted by Gasteiger charge is 2.38. The Hall–Kier alpha value is -2.35. The number of carbonyl (C=O) groups is 1. The van der Waals surface area contributed by atoms with Gasteiger partial charge in [-0.25, -0.2) is 13.8 Å². The van der Waals surface area contributed by atoms with E-state index in [4.69, 9.17) is 5.73 Å². The quantitative estimate of drug-likeness (QED) is 0.839. The van der Waals surface area contributed by atoms with Gasteiger partial charge in [0.1, 0.15) is 5.82 Å². The largest absolute Gasteiger partial charge is 0.320 e. The number of halogens is 2. The summed E-state index contributed by atoms with van der Waals surface area (Å²) in [7, 11) is 1.89. The normalized spacial score (nSPS) is 18.3. The molecular formula is C19H25F2N5O. The summed E-state index contributed by atoms with van der Waals surface area (Å²) < 4.78 is 28.4. The number of pyridine rings is 1. The van der Waals surface area contributed by atoms with Crippen LogP contribution in [0, 0.1) is 12.8 Å². The Morgan fingerprint density at radius 3 is 2.78 bits per heavy atom. The number of hydrogen-bond donors (Lipinski definition) is 2. The molecule has 0 aromatic carbocycles. The molecule has 1 fully saturated rings. The van der Waals surface area contributed by atoms with Crippen molar-refractivity contribution in [2.45, 2.75) is 51.0 Å². The number of alkyl halides is 2. The van der Waals surface area contributed by atoms with Crippen LogP contribution in [0.5, 0.6) is 0 Å². The van der Waals surface area contributed by atoms with Crippen molar-refractivity contribution in [3.05, 3.63) is 41.3 Å². The summed E-state index contributed by atoms with van der Waals surface area (Å²) >= 11 is 0. The Morgan fingerprint density at radius 2 is 2.15 bits per heavy atom. The second-order valence-electron chi connectivity index (χ2n) is 7.33. The summed E-state index contributed by atoms with van der Waals surface area (Å²) in [6, 6.07) is 2.86. The number of amides is 1. The van der Waals surface area contributed by atoms with Crippen LogP contribution in [0.2, 0.25) is 0 Å². The first kappa shape index (κ1) is 19.4. The first-order valence-electron chi connectivity index (χ1n) is 9.12. The standard InChI is InChI=1S/C19H25F2N5O/c1-12-11-24-26(2)15(12)9-13-5-8-23-16(10-13)25-18(27)17(22)14-3-6-19(20,21)7-4-14/h5,8,10-11,14,17H,3-4,6-7,9,22H2,1-2H3,(H,23,25,27). The van der Waals surface area contributed by atoms with Crippen molar-refractivity contribution in [3.63, 3.8) is 0 Å². The molecule has 1 aliphatic rings. The van der Waals surface area contributed by atoms with Crippen LogP contribution in [0.1, 0.15) is 42.5 Å². The zero-order chi connectivity index (χ0) is 19.6. The zero-order valence-electron chi connectivity index (χ0n) is 15.6. The van der Waals surface area contributed by atoms with Gasteiger partial charge in [0.05, 0.1) is 12.2 Å². The average molecular weight is 377 g/mol. The molecule has 0 spiro atoms. The van der Waals surface area contributed by atoms with Gasteiger partial charge in [0.2, 0.25) is 11.8 Å². The van der Waals surface area contributed by atoms with E-state index < -0.39 is 12.0 Å². The Bertz CT molecular complexity index is 791. The number of aromatic nitrogens is 3. The highest BCUT2D eigenvalue weighted by Crippen LogP contribution is 2.37. The molecule has 2 aromatic heterocycles. The minimum Gasteiger partial charge on any atom is -0.320 e. The van der Waals surface area contributed by atoms with Crippen molar-refractivity contribution in [1.82, 2.24) is 14.8 Å². The lowest BCUT2D eigenvalue weighted by atomic mass is 9.82. The van der Waals surface area contributed by atoms with Crippen molar-refractivity contribution in [1.29, 1.82) is 0 Å². The second-order valence-corrected chi connectivity index (χ2v) is 7.33. The van der Waals surface area contributed by atoms with Gasteiger partial charge in [0, 0.05) is 38.2 Å². The number of nitrogens with zero attached hydrogens (tertiary/aromatic N) is 3. The van der Waals surface area contributed by atoms with Crippen molar-refractivity contribution in [2.75, 3.05) is 5.32 Å². The van der Waals surface area contributed by atoms with Crippen LogP contribution < -0.4 is 11.1 Å². The van der Waals surface area contributed by atoms with Crippen molar-refractivity contribution in [3.8, 4) is 0 Å². The Kier molecular flexibility index (Phi) is 5.55. The minimum atomic E-state index is -2.63. The summed E-state index contributed by atoms with van der Waals surface area (Å²) in [5.41, 5.74) is 9.18. The minimum absolute atomic E-state index is 0.212. The number of aryl methyl sites for hydroxylation is 2. The number of rotatable bonds is 5. The SMILES string of the molecule is Cc1cnn(C)c1Cc1ccnc(NC(=O)C(N)C2CCC(F)(F)CC2)c1. The fourth-order valence-corrected chi connectivity index (χ4v) is 3.52. The molecule has 6 nitrogen and oxygen atoms in total. The van der Waals surface area contributed by atoms with Crippen LogP contribution in [0.25, 0.3) is 0 Å². The predicted octanol–water partition coefficient (Wildman–Crippen LogP) is 2.81. The number of hydrogen-bond acceptors (Lipinski definition) is 4. The molecule has 1 aliphatic carbocycles. The molecule has 3 rings (SSSR count). The fourth-order valence-electron chi connectivity index (χ4n) is 3.52. The van der Waals surface area contributed by atoms with E-state index in [0.29, 0.717) is 12.2 Å². The molecule has 1 unspecified atom stereocenters. The third-order valence-corrected chi connectivity index (χ3v) is 5.29. The Morgan fingerprint density at radius 1 is 1.44 bits per heavy atom. The van der Waals surface area contributed by atoms with E-state index in [-0.39, 0.29) is 37.5 Å². The summed E-state index contributed by atoms with van der Waals surface area (Å²) in [5, 5.41) is 6.95. The molecule has 1 atom stereocenters. The molecule has 0 bridgehead atoms. The zero-order valence-corrected chi connectivity index (χ0v) is 15.6. The highest BCUT2D eigenvalue weighted by molar-refractivity contribution is 5.94. The lowest BCUT2D eigenvalue weighted by Gasteiger charge is -2.31. The van der Waals surface area contributed by atoms with Crippen LogP contribution in [-0.4, -0.2) is 32.6 Å². The molecule has 3 N–H and O–H groups in total. The van der Waals surface area contributed by atoms with Gasteiger partial charge in [-0.1, -0.05) is 0 Å². The number of carbonyl (C=O) groups excluding carboxylic acids is 1. The van der Waals surface area contributed by atoms with Crippen molar-refractivity contribution >= 4 is 11.7 Å². The topological polar surface area (TPSA) is 85.8 Å². The van der Waals surface area contributed by atoms with E-state index in [9.17, 15) is 13.6 Å². The third-order valence-electron chi connectivity index (χ3n) is 5.29. The summed E-state index contributed by atoms with van der Waals surface area (Å²) in [4.78, 5) is 16.6. The molecule has 8 heteroatoms. The third kappa shape index (κ3) is 4.68. The summed E-state index contributed by atoms with van der Waals surface area (Å²) in [6.07, 6.45) is 4.20. The van der Waals surface area contributed by atoms with Crippen LogP contribution in [0.3, 0.4) is 0 Å². The van der Waals surface area contributed by atoms with E-state index in [0.717, 1.165) is 16.8 Å². The van der Waals surface area contributed by atoms with Gasteiger partial charge in [0.25, 0.3) is 0 Å². The van der Waals surface area contributed by atoms with Crippen LogP contribution in [0.4, 0.5) is 14.6 Å². The maximum absolute atomic E-state index is 13.3. The van der Waals surface area contributed by atoms with Crippen LogP contribution in [-0.2, 0) is 18.3 Å². The first-order valence-corrected chi connectivity index (χ1v) is 9.12. The van der Waals surface area contributed by atoms with E-state index >= 15 is 0 Å². The Balaban J connectivity index is 1.63. The lowest BCUT2D eigenvalue weighted by molar-refractivity contribution is -0.120. The maximum Gasteiger partial charge on any atom is 0.248 e. The molecule has 2 aromatic rings. The van der Waals surface area contributed by atoms with Gasteiger partial charge >= 0.3 is 0 Å². The molecule has 0 saturated heterocycles. The number of nitrogens with one attached hydrogen (secondary N) is 1. The van der Waals surface area contributed by atoms with Crippen molar-refractivity contribution < 1.29 is 13.6 Å². The first-order chi connectivity index (χ1) is 12.7. The molecule has 27 heavy (non-hydrogen) atoms. The molecule has 146 valence electrons. The molecule has 1 amide bonds. The van der Waals surface area contributed by atoms with Crippen LogP contribution >= 0.6 is 0 Å². The smallest absolute Gasteiger partial charge is 0.248 e. The summed E-state index contributed by atoms with van der Waals surface area (Å²) in [5.74, 6) is -2.84. The fraction of sp³-hybridized carbons (Fsp3) is 0.526. The number of nitrogens with two attached hydrogens (primary N) is 1. The molecule has 2 heterocycles. The molecule has 0 radical (unpaired) electrons. The van der Waals surface area contributed by atoms with Gasteiger partial charge in [-0.15, -0.1) is 0 Å². The Labute approximate surface area is 157 Å². The predicted molar refractivity (Wildman–Crippen MR) is 98.5 cm³/mol. The van der Waals surface area contributed by atoms with E-state index in [1.165, 1.54) is 0 Å². The maximum atomic E-state index is 13.3. The van der Waals surface area contributed by atoms with Gasteiger partial charge in [-0.3, -0.25) is 9.48 Å². The average Bonchev–Trinajstić information content (AvgIpc) is 2.93. The van der Waals surface area contributed by atoms with Crippen molar-refractivity contribution in [2.24, 2.45) is 18.7 Å². The molecule has 1 saturated carbocycles. The van der Waals surface area contributed by atoms with Gasteiger partial charge in [-0.05, 0) is 48.9 Å². The van der Waals surface area contributed by atoms with E-state index in [2.05, 4.69) is 15.4 Å². The molecule has 0 aliphatic heterocycles. The monoisotopic (exact) mass is 377 g/mol. The van der Waals surface area contributed by atoms with E-state index in [1.54, 1.807) is 12.3 Å².